The van der Waals surface area contributed by atoms with Crippen molar-refractivity contribution in [3.05, 3.63) is 16.0 Å². The van der Waals surface area contributed by atoms with Crippen LogP contribution in [0.25, 0.3) is 0 Å². The standard InChI is InChI=1S/C10H14IN3O/c1-10(2)7-14(3-4-15-10)9-12-5-8(11)6-13-9/h5-6H,3-4,7H2,1-2H3. The molecule has 0 aliphatic carbocycles. The zero-order chi connectivity index (χ0) is 10.9. The van der Waals surface area contributed by atoms with Crippen LogP contribution in [0.15, 0.2) is 12.4 Å². The minimum Gasteiger partial charge on any atom is -0.372 e. The average molecular weight is 319 g/mol. The monoisotopic (exact) mass is 319 g/mol. The molecule has 0 bridgehead atoms. The van der Waals surface area contributed by atoms with Gasteiger partial charge in [0.15, 0.2) is 0 Å². The normalized spacial score (nSPS) is 20.3. The lowest BCUT2D eigenvalue weighted by Gasteiger charge is -2.38. The minimum atomic E-state index is -0.107. The van der Waals surface area contributed by atoms with Gasteiger partial charge in [0, 0.05) is 29.1 Å². The van der Waals surface area contributed by atoms with Gasteiger partial charge >= 0.3 is 0 Å². The molecule has 1 aromatic rings. The molecular weight excluding hydrogens is 305 g/mol. The van der Waals surface area contributed by atoms with Gasteiger partial charge in [-0.05, 0) is 36.4 Å². The van der Waals surface area contributed by atoms with Crippen LogP contribution in [0.3, 0.4) is 0 Å². The summed E-state index contributed by atoms with van der Waals surface area (Å²) in [6, 6.07) is 0. The van der Waals surface area contributed by atoms with Crippen molar-refractivity contribution < 1.29 is 4.74 Å². The van der Waals surface area contributed by atoms with Crippen molar-refractivity contribution in [2.45, 2.75) is 19.4 Å². The number of hydrogen-bond acceptors (Lipinski definition) is 4. The lowest BCUT2D eigenvalue weighted by atomic mass is 10.1. The molecule has 4 nitrogen and oxygen atoms in total. The van der Waals surface area contributed by atoms with Crippen LogP contribution in [0.5, 0.6) is 0 Å². The van der Waals surface area contributed by atoms with Gasteiger partial charge in [-0.2, -0.15) is 0 Å². The molecule has 0 radical (unpaired) electrons. The van der Waals surface area contributed by atoms with E-state index in [1.807, 2.05) is 12.4 Å². The summed E-state index contributed by atoms with van der Waals surface area (Å²) in [5, 5.41) is 0. The second-order valence-corrected chi connectivity index (χ2v) is 5.48. The molecule has 1 aliphatic rings. The Morgan fingerprint density at radius 2 is 2.07 bits per heavy atom. The zero-order valence-corrected chi connectivity index (χ0v) is 11.1. The molecular formula is C10H14IN3O. The molecule has 0 N–H and O–H groups in total. The van der Waals surface area contributed by atoms with Gasteiger partial charge in [0.2, 0.25) is 5.95 Å². The molecule has 0 spiro atoms. The third-order valence-electron chi connectivity index (χ3n) is 2.32. The highest BCUT2D eigenvalue weighted by Crippen LogP contribution is 2.19. The molecule has 0 unspecified atom stereocenters. The van der Waals surface area contributed by atoms with E-state index in [-0.39, 0.29) is 5.60 Å². The summed E-state index contributed by atoms with van der Waals surface area (Å²) in [6.07, 6.45) is 3.68. The second-order valence-electron chi connectivity index (χ2n) is 4.23. The first-order chi connectivity index (χ1) is 7.07. The lowest BCUT2D eigenvalue weighted by Crippen LogP contribution is -2.48. The van der Waals surface area contributed by atoms with E-state index in [1.54, 1.807) is 0 Å². The minimum absolute atomic E-state index is 0.107. The van der Waals surface area contributed by atoms with Crippen molar-refractivity contribution in [2.75, 3.05) is 24.6 Å². The van der Waals surface area contributed by atoms with Gasteiger partial charge in [-0.15, -0.1) is 0 Å². The lowest BCUT2D eigenvalue weighted by molar-refractivity contribution is -0.0281. The van der Waals surface area contributed by atoms with Crippen molar-refractivity contribution in [3.8, 4) is 0 Å². The number of aromatic nitrogens is 2. The van der Waals surface area contributed by atoms with Crippen LogP contribution in [-0.2, 0) is 4.74 Å². The maximum atomic E-state index is 5.64. The van der Waals surface area contributed by atoms with E-state index in [0.29, 0.717) is 0 Å². The van der Waals surface area contributed by atoms with E-state index >= 15 is 0 Å². The van der Waals surface area contributed by atoms with Crippen LogP contribution in [0.4, 0.5) is 5.95 Å². The molecule has 0 atom stereocenters. The van der Waals surface area contributed by atoms with E-state index < -0.39 is 0 Å². The van der Waals surface area contributed by atoms with E-state index in [4.69, 9.17) is 4.74 Å². The summed E-state index contributed by atoms with van der Waals surface area (Å²) in [5.41, 5.74) is -0.107. The van der Waals surface area contributed by atoms with Gasteiger partial charge in [-0.3, -0.25) is 0 Å². The number of hydrogen-bond donors (Lipinski definition) is 0. The fraction of sp³-hybridized carbons (Fsp3) is 0.600. The van der Waals surface area contributed by atoms with Gasteiger partial charge in [0.25, 0.3) is 0 Å². The predicted octanol–water partition coefficient (Wildman–Crippen LogP) is 1.70. The Morgan fingerprint density at radius 1 is 1.40 bits per heavy atom. The summed E-state index contributed by atoms with van der Waals surface area (Å²) < 4.78 is 6.70. The highest BCUT2D eigenvalue weighted by molar-refractivity contribution is 14.1. The molecule has 0 aromatic carbocycles. The molecule has 1 fully saturated rings. The third-order valence-corrected chi connectivity index (χ3v) is 2.87. The Balaban J connectivity index is 2.13. The van der Waals surface area contributed by atoms with Crippen LogP contribution in [0.2, 0.25) is 0 Å². The molecule has 0 amide bonds. The van der Waals surface area contributed by atoms with Crippen LogP contribution < -0.4 is 4.90 Å². The van der Waals surface area contributed by atoms with Gasteiger partial charge in [-0.25, -0.2) is 9.97 Å². The second kappa shape index (κ2) is 4.21. The van der Waals surface area contributed by atoms with E-state index in [0.717, 1.165) is 29.2 Å². The Labute approximate surface area is 103 Å². The first kappa shape index (κ1) is 11.1. The quantitative estimate of drug-likeness (QED) is 0.739. The fourth-order valence-corrected chi connectivity index (χ4v) is 1.93. The molecule has 82 valence electrons. The van der Waals surface area contributed by atoms with Gasteiger partial charge in [-0.1, -0.05) is 0 Å². The average Bonchev–Trinajstić information content (AvgIpc) is 2.17. The Morgan fingerprint density at radius 3 is 2.67 bits per heavy atom. The molecule has 0 saturated carbocycles. The van der Waals surface area contributed by atoms with Gasteiger partial charge < -0.3 is 9.64 Å². The van der Waals surface area contributed by atoms with Crippen LogP contribution in [0.1, 0.15) is 13.8 Å². The van der Waals surface area contributed by atoms with E-state index in [1.165, 1.54) is 0 Å². The maximum absolute atomic E-state index is 5.64. The van der Waals surface area contributed by atoms with Crippen molar-refractivity contribution >= 4 is 28.5 Å². The number of morpholine rings is 1. The molecule has 1 saturated heterocycles. The fourth-order valence-electron chi connectivity index (χ4n) is 1.66. The number of anilines is 1. The maximum Gasteiger partial charge on any atom is 0.225 e. The summed E-state index contributed by atoms with van der Waals surface area (Å²) in [7, 11) is 0. The van der Waals surface area contributed by atoms with Crippen molar-refractivity contribution in [1.82, 2.24) is 9.97 Å². The molecule has 1 aliphatic heterocycles. The molecule has 2 rings (SSSR count). The van der Waals surface area contributed by atoms with Crippen molar-refractivity contribution in [3.63, 3.8) is 0 Å². The number of halogens is 1. The van der Waals surface area contributed by atoms with E-state index in [9.17, 15) is 0 Å². The first-order valence-corrected chi connectivity index (χ1v) is 6.01. The smallest absolute Gasteiger partial charge is 0.225 e. The third kappa shape index (κ3) is 2.78. The Bertz CT molecular complexity index is 339. The SMILES string of the molecule is CC1(C)CN(c2ncc(I)cn2)CCO1. The van der Waals surface area contributed by atoms with Gasteiger partial charge in [0.05, 0.1) is 12.2 Å². The number of ether oxygens (including phenoxy) is 1. The summed E-state index contributed by atoms with van der Waals surface area (Å²) in [4.78, 5) is 10.8. The molecule has 5 heteroatoms. The van der Waals surface area contributed by atoms with Crippen LogP contribution >= 0.6 is 22.6 Å². The topological polar surface area (TPSA) is 38.2 Å². The van der Waals surface area contributed by atoms with Crippen LogP contribution in [-0.4, -0.2) is 35.3 Å². The Kier molecular flexibility index (Phi) is 3.11. The Hall–Kier alpha value is -0.430. The zero-order valence-electron chi connectivity index (χ0n) is 8.90. The van der Waals surface area contributed by atoms with Crippen molar-refractivity contribution in [1.29, 1.82) is 0 Å². The molecule has 2 heterocycles. The summed E-state index contributed by atoms with van der Waals surface area (Å²) >= 11 is 2.21. The largest absolute Gasteiger partial charge is 0.372 e. The van der Waals surface area contributed by atoms with Crippen LogP contribution in [0, 0.1) is 3.57 Å². The number of rotatable bonds is 1. The van der Waals surface area contributed by atoms with Crippen molar-refractivity contribution in [2.24, 2.45) is 0 Å². The molecule has 15 heavy (non-hydrogen) atoms. The highest BCUT2D eigenvalue weighted by Gasteiger charge is 2.28. The highest BCUT2D eigenvalue weighted by atomic mass is 127. The predicted molar refractivity (Wildman–Crippen MR) is 67.0 cm³/mol. The summed E-state index contributed by atoms with van der Waals surface area (Å²) in [6.45, 7) is 6.62. The molecule has 1 aromatic heterocycles. The first-order valence-electron chi connectivity index (χ1n) is 4.93. The van der Waals surface area contributed by atoms with Gasteiger partial charge in [0.1, 0.15) is 0 Å². The van der Waals surface area contributed by atoms with E-state index in [2.05, 4.69) is 51.3 Å². The number of nitrogens with zero attached hydrogens (tertiary/aromatic N) is 3. The summed E-state index contributed by atoms with van der Waals surface area (Å²) in [5.74, 6) is 0.798.